The van der Waals surface area contributed by atoms with Crippen LogP contribution in [0.4, 0.5) is 0 Å². The molecule has 0 aliphatic heterocycles. The number of nitrogens with one attached hydrogen (secondary N) is 2. The fourth-order valence-electron chi connectivity index (χ4n) is 4.74. The molecule has 0 saturated heterocycles. The van der Waals surface area contributed by atoms with Gasteiger partial charge in [-0.05, 0) is 114 Å². The summed E-state index contributed by atoms with van der Waals surface area (Å²) < 4.78 is 0. The summed E-state index contributed by atoms with van der Waals surface area (Å²) in [7, 11) is 2.02. The van der Waals surface area contributed by atoms with Crippen molar-refractivity contribution in [2.75, 3.05) is 7.05 Å². The van der Waals surface area contributed by atoms with E-state index in [2.05, 4.69) is 95.9 Å². The van der Waals surface area contributed by atoms with Crippen molar-refractivity contribution in [1.29, 1.82) is 15.9 Å². The van der Waals surface area contributed by atoms with Crippen molar-refractivity contribution in [2.45, 2.75) is 91.5 Å². The first kappa shape index (κ1) is 34.3. The number of hydrogen-bond donors (Lipinski definition) is 2. The number of rotatable bonds is 8. The van der Waals surface area contributed by atoms with Crippen LogP contribution in [0.2, 0.25) is 0 Å². The second-order valence-electron chi connectivity index (χ2n) is 10.7. The third-order valence-electron chi connectivity index (χ3n) is 8.14. The molecule has 3 rings (SSSR count). The first-order valence-electron chi connectivity index (χ1n) is 14.1. The molecular formula is C36H48N4. The van der Waals surface area contributed by atoms with Crippen LogP contribution in [-0.4, -0.2) is 18.8 Å². The Labute approximate surface area is 243 Å². The minimum absolute atomic E-state index is 0.217. The third-order valence-corrected chi connectivity index (χ3v) is 8.14. The summed E-state index contributed by atoms with van der Waals surface area (Å²) in [6, 6.07) is 19.4. The lowest BCUT2D eigenvalue weighted by Gasteiger charge is -2.38. The summed E-state index contributed by atoms with van der Waals surface area (Å²) in [5, 5.41) is 28.7. The molecule has 0 amide bonds. The maximum Gasteiger partial charge on any atom is 0.0991 e. The highest BCUT2D eigenvalue weighted by molar-refractivity contribution is 5.80. The van der Waals surface area contributed by atoms with Gasteiger partial charge in [0.05, 0.1) is 23.1 Å². The SMILES string of the molecule is C=CC.CC/C(C)=C(/C=C(\C)[C@@](C)(NC)[C@H](C)c1ccc(C2(C#N)CC2)cc1)c1cc(C#N)ccc1C.CC=N. The molecule has 2 N–H and O–H groups in total. The molecule has 40 heavy (non-hydrogen) atoms. The first-order chi connectivity index (χ1) is 19.0. The van der Waals surface area contributed by atoms with E-state index in [9.17, 15) is 10.5 Å². The van der Waals surface area contributed by atoms with E-state index in [1.807, 2.05) is 32.2 Å². The fraction of sp³-hybridized carbons (Fsp3) is 0.417. The van der Waals surface area contributed by atoms with Crippen molar-refractivity contribution < 1.29 is 0 Å². The van der Waals surface area contributed by atoms with E-state index in [4.69, 9.17) is 5.41 Å². The second kappa shape index (κ2) is 15.8. The molecule has 0 aromatic heterocycles. The quantitative estimate of drug-likeness (QED) is 0.200. The Kier molecular flexibility index (Phi) is 13.5. The van der Waals surface area contributed by atoms with E-state index in [0.29, 0.717) is 5.56 Å². The average molecular weight is 537 g/mol. The number of nitriles is 2. The zero-order chi connectivity index (χ0) is 30.5. The monoisotopic (exact) mass is 536 g/mol. The molecule has 212 valence electrons. The standard InChI is InChI=1S/C31H37N3.C3H6.C2H5N/c1-8-21(2)28(29-18-25(19-32)10-9-22(29)3)17-23(4)30(6,34-7)24(5)26-11-13-27(14-12-26)31(20-33)15-16-31;1-3-2;1-2-3/h9-14,17-18,24,34H,8,15-16H2,1-7H3;3H,1H2,2H3;2-3H,1H3/b23-17+,28-21-;;/t24-,30-;;/m1../s1. The molecule has 2 atom stereocenters. The van der Waals surface area contributed by atoms with Crippen LogP contribution in [0, 0.1) is 35.0 Å². The molecule has 2 aromatic carbocycles. The van der Waals surface area contributed by atoms with Crippen LogP contribution in [0.25, 0.3) is 5.57 Å². The van der Waals surface area contributed by atoms with Gasteiger partial charge in [0.15, 0.2) is 0 Å². The highest BCUT2D eigenvalue weighted by Crippen LogP contribution is 2.48. The van der Waals surface area contributed by atoms with Crippen molar-refractivity contribution in [2.24, 2.45) is 0 Å². The normalized spacial score (nSPS) is 16.1. The van der Waals surface area contributed by atoms with Crippen molar-refractivity contribution in [1.82, 2.24) is 5.32 Å². The maximum atomic E-state index is 9.53. The number of aryl methyl sites for hydroxylation is 1. The minimum Gasteiger partial charge on any atom is -0.313 e. The molecule has 2 aromatic rings. The Morgan fingerprint density at radius 2 is 1.70 bits per heavy atom. The highest BCUT2D eigenvalue weighted by Gasteiger charge is 2.45. The molecule has 1 saturated carbocycles. The Hall–Kier alpha value is -3.73. The predicted molar refractivity (Wildman–Crippen MR) is 172 cm³/mol. The van der Waals surface area contributed by atoms with Gasteiger partial charge in [0.25, 0.3) is 0 Å². The molecule has 4 heteroatoms. The van der Waals surface area contributed by atoms with Crippen LogP contribution >= 0.6 is 0 Å². The largest absolute Gasteiger partial charge is 0.313 e. The highest BCUT2D eigenvalue weighted by atomic mass is 14.9. The Morgan fingerprint density at radius 3 is 2.12 bits per heavy atom. The molecule has 1 aliphatic rings. The zero-order valence-electron chi connectivity index (χ0n) is 26.1. The summed E-state index contributed by atoms with van der Waals surface area (Å²) in [6.45, 7) is 20.1. The smallest absolute Gasteiger partial charge is 0.0991 e. The molecule has 1 aliphatic carbocycles. The Morgan fingerprint density at radius 1 is 1.15 bits per heavy atom. The van der Waals surface area contributed by atoms with E-state index >= 15 is 0 Å². The van der Waals surface area contributed by atoms with Crippen molar-refractivity contribution >= 4 is 11.8 Å². The molecule has 0 heterocycles. The van der Waals surface area contributed by atoms with Gasteiger partial charge < -0.3 is 10.7 Å². The molecule has 1 fully saturated rings. The topological polar surface area (TPSA) is 83.5 Å². The van der Waals surface area contributed by atoms with E-state index < -0.39 is 0 Å². The predicted octanol–water partition coefficient (Wildman–Crippen LogP) is 9.18. The van der Waals surface area contributed by atoms with Gasteiger partial charge in [-0.3, -0.25) is 0 Å². The van der Waals surface area contributed by atoms with Gasteiger partial charge in [-0.25, -0.2) is 0 Å². The van der Waals surface area contributed by atoms with Crippen molar-refractivity contribution in [3.63, 3.8) is 0 Å². The van der Waals surface area contributed by atoms with E-state index in [0.717, 1.165) is 30.4 Å². The number of likely N-dealkylation sites (N-methyl/N-ethyl adjacent to an activating group) is 1. The van der Waals surface area contributed by atoms with Crippen molar-refractivity contribution in [3.05, 3.63) is 100 Å². The van der Waals surface area contributed by atoms with Gasteiger partial charge in [-0.15, -0.1) is 6.58 Å². The summed E-state index contributed by atoms with van der Waals surface area (Å²) in [5.41, 5.74) is 8.60. The summed E-state index contributed by atoms with van der Waals surface area (Å²) in [5.74, 6) is 0.217. The number of allylic oxidation sites excluding steroid dienone is 4. The van der Waals surface area contributed by atoms with Crippen LogP contribution in [0.3, 0.4) is 0 Å². The van der Waals surface area contributed by atoms with Gasteiger partial charge in [0, 0.05) is 11.5 Å². The van der Waals surface area contributed by atoms with Gasteiger partial charge >= 0.3 is 0 Å². The molecule has 0 radical (unpaired) electrons. The second-order valence-corrected chi connectivity index (χ2v) is 10.7. The third kappa shape index (κ3) is 8.14. The lowest BCUT2D eigenvalue weighted by Crippen LogP contribution is -2.45. The average Bonchev–Trinajstić information content (AvgIpc) is 3.77. The van der Waals surface area contributed by atoms with Gasteiger partial charge in [0.2, 0.25) is 0 Å². The number of hydrogen-bond acceptors (Lipinski definition) is 4. The fourth-order valence-corrected chi connectivity index (χ4v) is 4.74. The summed E-state index contributed by atoms with van der Waals surface area (Å²) >= 11 is 0. The summed E-state index contributed by atoms with van der Waals surface area (Å²) in [4.78, 5) is 0. The molecule has 0 bridgehead atoms. The summed E-state index contributed by atoms with van der Waals surface area (Å²) in [6.07, 6.45) is 8.18. The van der Waals surface area contributed by atoms with Crippen LogP contribution < -0.4 is 5.32 Å². The van der Waals surface area contributed by atoms with Crippen LogP contribution in [-0.2, 0) is 5.41 Å². The Bertz CT molecular complexity index is 1290. The van der Waals surface area contributed by atoms with E-state index in [-0.39, 0.29) is 16.9 Å². The van der Waals surface area contributed by atoms with Crippen molar-refractivity contribution in [3.8, 4) is 12.1 Å². The van der Waals surface area contributed by atoms with E-state index in [1.54, 1.807) is 13.0 Å². The van der Waals surface area contributed by atoms with Crippen LogP contribution in [0.5, 0.6) is 0 Å². The lowest BCUT2D eigenvalue weighted by molar-refractivity contribution is 0.384. The molecule has 0 unspecified atom stereocenters. The number of benzene rings is 2. The van der Waals surface area contributed by atoms with Crippen LogP contribution in [0.15, 0.2) is 72.3 Å². The molecule has 0 spiro atoms. The molecule has 4 nitrogen and oxygen atoms in total. The Balaban J connectivity index is 0.00000122. The number of nitrogens with zero attached hydrogens (tertiary/aromatic N) is 2. The molecular weight excluding hydrogens is 488 g/mol. The van der Waals surface area contributed by atoms with Gasteiger partial charge in [-0.1, -0.05) is 67.5 Å². The minimum atomic E-state index is -0.270. The maximum absolute atomic E-state index is 9.53. The van der Waals surface area contributed by atoms with Gasteiger partial charge in [0.1, 0.15) is 0 Å². The zero-order valence-corrected chi connectivity index (χ0v) is 26.1. The first-order valence-corrected chi connectivity index (χ1v) is 14.1. The van der Waals surface area contributed by atoms with Gasteiger partial charge in [-0.2, -0.15) is 10.5 Å². The lowest BCUT2D eigenvalue weighted by atomic mass is 9.75. The van der Waals surface area contributed by atoms with Crippen LogP contribution in [0.1, 0.15) is 101 Å². The van der Waals surface area contributed by atoms with E-state index in [1.165, 1.54) is 34.1 Å².